The third kappa shape index (κ3) is 48.4. The first kappa shape index (κ1) is 64.0. The lowest BCUT2D eigenvalue weighted by atomic mass is 10.0. The van der Waals surface area contributed by atoms with Crippen molar-refractivity contribution >= 4 is 25.7 Å². The summed E-state index contributed by atoms with van der Waals surface area (Å²) >= 11 is 0. The van der Waals surface area contributed by atoms with Crippen LogP contribution in [0, 0.1) is 0 Å². The Kier molecular flexibility index (Phi) is 47.9. The molecule has 0 spiro atoms. The normalized spacial score (nSPS) is 13.6. The third-order valence-electron chi connectivity index (χ3n) is 12.2. The second-order valence-corrected chi connectivity index (χ2v) is 20.2. The molecule has 0 aliphatic heterocycles. The van der Waals surface area contributed by atoms with E-state index in [9.17, 15) is 23.8 Å². The minimum Gasteiger partial charge on any atom is -0.480 e. The summed E-state index contributed by atoms with van der Waals surface area (Å²) in [7, 11) is -4.73. The first-order chi connectivity index (χ1) is 32.1. The molecule has 0 amide bonds. The van der Waals surface area contributed by atoms with E-state index in [2.05, 4.69) is 42.7 Å². The van der Waals surface area contributed by atoms with E-state index >= 15 is 0 Å². The summed E-state index contributed by atoms with van der Waals surface area (Å²) < 4.78 is 32.9. The SMILES string of the molecule is CCCCCCCC/C=C/CCCCCCCCCCCC(=O)OC[C@H](COP(=O)(O)OC[C@H](N)C(=O)O)OC(=O)CCC/C=C/CCCCCCCCCCCCCCCCCCCC. The van der Waals surface area contributed by atoms with Crippen molar-refractivity contribution in [1.82, 2.24) is 0 Å². The Labute approximate surface area is 404 Å². The van der Waals surface area contributed by atoms with Gasteiger partial charge in [-0.15, -0.1) is 0 Å². The molecule has 0 saturated heterocycles. The number of hydrogen-bond donors (Lipinski definition) is 3. The lowest BCUT2D eigenvalue weighted by Gasteiger charge is -2.20. The molecule has 0 aromatic rings. The maximum absolute atomic E-state index is 12.7. The van der Waals surface area contributed by atoms with E-state index < -0.39 is 51.1 Å². The molecule has 12 heteroatoms. The summed E-state index contributed by atoms with van der Waals surface area (Å²) in [5.41, 5.74) is 5.36. The first-order valence-corrected chi connectivity index (χ1v) is 28.9. The van der Waals surface area contributed by atoms with Crippen LogP contribution >= 0.6 is 7.82 Å². The molecule has 0 aliphatic rings. The van der Waals surface area contributed by atoms with E-state index in [-0.39, 0.29) is 19.4 Å². The van der Waals surface area contributed by atoms with Gasteiger partial charge in [-0.25, -0.2) is 4.57 Å². The van der Waals surface area contributed by atoms with Gasteiger partial charge < -0.3 is 25.2 Å². The van der Waals surface area contributed by atoms with Crippen molar-refractivity contribution < 1.29 is 47.5 Å². The van der Waals surface area contributed by atoms with Crippen molar-refractivity contribution in [3.8, 4) is 0 Å². The van der Waals surface area contributed by atoms with Crippen molar-refractivity contribution in [3.05, 3.63) is 24.3 Å². The van der Waals surface area contributed by atoms with Gasteiger partial charge in [0.25, 0.3) is 0 Å². The molecular formula is C54H102NO10P. The Hall–Kier alpha value is -2.04. The third-order valence-corrected chi connectivity index (χ3v) is 13.1. The Morgan fingerprint density at radius 2 is 0.773 bits per heavy atom. The van der Waals surface area contributed by atoms with Gasteiger partial charge in [0.2, 0.25) is 0 Å². The van der Waals surface area contributed by atoms with Gasteiger partial charge in [0.1, 0.15) is 12.6 Å². The summed E-state index contributed by atoms with van der Waals surface area (Å²) in [5, 5.41) is 8.93. The van der Waals surface area contributed by atoms with Crippen molar-refractivity contribution in [2.45, 2.75) is 283 Å². The molecule has 0 heterocycles. The number of hydrogen-bond acceptors (Lipinski definition) is 9. The van der Waals surface area contributed by atoms with E-state index in [1.54, 1.807) is 0 Å². The van der Waals surface area contributed by atoms with E-state index in [0.717, 1.165) is 32.1 Å². The predicted octanol–water partition coefficient (Wildman–Crippen LogP) is 15.7. The largest absolute Gasteiger partial charge is 0.480 e. The second-order valence-electron chi connectivity index (χ2n) is 18.7. The maximum Gasteiger partial charge on any atom is 0.472 e. The van der Waals surface area contributed by atoms with Gasteiger partial charge in [-0.3, -0.25) is 23.4 Å². The van der Waals surface area contributed by atoms with Gasteiger partial charge in [-0.1, -0.05) is 224 Å². The van der Waals surface area contributed by atoms with Crippen LogP contribution in [0.2, 0.25) is 0 Å². The number of carbonyl (C=O) groups is 3. The molecule has 0 aromatic carbocycles. The topological polar surface area (TPSA) is 172 Å². The average Bonchev–Trinajstić information content (AvgIpc) is 3.30. The number of aliphatic carboxylic acids is 1. The molecule has 0 rings (SSSR count). The monoisotopic (exact) mass is 956 g/mol. The van der Waals surface area contributed by atoms with Crippen LogP contribution < -0.4 is 5.73 Å². The number of ether oxygens (including phenoxy) is 2. The Balaban J connectivity index is 4.21. The van der Waals surface area contributed by atoms with Crippen LogP contribution in [0.25, 0.3) is 0 Å². The second kappa shape index (κ2) is 49.4. The van der Waals surface area contributed by atoms with Gasteiger partial charge in [0.05, 0.1) is 13.2 Å². The minimum absolute atomic E-state index is 0.116. The lowest BCUT2D eigenvalue weighted by molar-refractivity contribution is -0.161. The molecule has 388 valence electrons. The molecule has 4 N–H and O–H groups in total. The number of carbonyl (C=O) groups excluding carboxylic acids is 2. The zero-order valence-corrected chi connectivity index (χ0v) is 43.4. The van der Waals surface area contributed by atoms with E-state index in [1.807, 2.05) is 0 Å². The summed E-state index contributed by atoms with van der Waals surface area (Å²) in [4.78, 5) is 46.2. The summed E-state index contributed by atoms with van der Waals surface area (Å²) in [6, 6.07) is -1.52. The molecule has 0 aromatic heterocycles. The van der Waals surface area contributed by atoms with Crippen LogP contribution in [-0.2, 0) is 37.5 Å². The number of carboxylic acid groups (broad SMARTS) is 1. The highest BCUT2D eigenvalue weighted by Gasteiger charge is 2.28. The zero-order valence-electron chi connectivity index (χ0n) is 42.6. The standard InChI is InChI=1S/C54H102NO10P/c1-3-5-7-9-11-13-15-17-19-21-23-24-25-26-28-30-32-34-36-38-40-42-44-46-53(57)65-50(48-63-66(60,61)64-49-51(55)54(58)59)47-62-52(56)45-43-41-39-37-35-33-31-29-27-22-20-18-16-14-12-10-8-6-4-2/h18,20,38,40,50-51H,3-17,19,21-37,39,41-49,55H2,1-2H3,(H,58,59)(H,60,61)/b20-18+,40-38+/t50-,51+/m1/s1. The first-order valence-electron chi connectivity index (χ1n) is 27.4. The average molecular weight is 956 g/mol. The molecule has 0 fully saturated rings. The number of rotatable bonds is 52. The zero-order chi connectivity index (χ0) is 48.4. The highest BCUT2D eigenvalue weighted by molar-refractivity contribution is 7.47. The highest BCUT2D eigenvalue weighted by atomic mass is 31.2. The lowest BCUT2D eigenvalue weighted by Crippen LogP contribution is -2.34. The summed E-state index contributed by atoms with van der Waals surface area (Å²) in [5.74, 6) is -2.40. The molecule has 66 heavy (non-hydrogen) atoms. The summed E-state index contributed by atoms with van der Waals surface area (Å²) in [6.45, 7) is 2.83. The van der Waals surface area contributed by atoms with Gasteiger partial charge in [0.15, 0.2) is 6.10 Å². The van der Waals surface area contributed by atoms with Crippen molar-refractivity contribution in [3.63, 3.8) is 0 Å². The van der Waals surface area contributed by atoms with E-state index in [4.69, 9.17) is 24.8 Å². The van der Waals surface area contributed by atoms with Gasteiger partial charge in [0, 0.05) is 12.8 Å². The number of nitrogens with two attached hydrogens (primary N) is 1. The number of phosphoric acid groups is 1. The van der Waals surface area contributed by atoms with E-state index in [1.165, 1.54) is 193 Å². The quantitative estimate of drug-likeness (QED) is 0.0229. The van der Waals surface area contributed by atoms with Crippen molar-refractivity contribution in [2.75, 3.05) is 19.8 Å². The predicted molar refractivity (Wildman–Crippen MR) is 272 cm³/mol. The molecule has 0 bridgehead atoms. The molecule has 0 aliphatic carbocycles. The van der Waals surface area contributed by atoms with Crippen molar-refractivity contribution in [1.29, 1.82) is 0 Å². The number of unbranched alkanes of at least 4 members (excludes halogenated alkanes) is 34. The molecule has 0 radical (unpaired) electrons. The number of esters is 2. The van der Waals surface area contributed by atoms with Crippen LogP contribution in [0.5, 0.6) is 0 Å². The molecular weight excluding hydrogens is 854 g/mol. The Morgan fingerprint density at radius 3 is 1.15 bits per heavy atom. The van der Waals surface area contributed by atoms with Crippen LogP contribution in [0.15, 0.2) is 24.3 Å². The smallest absolute Gasteiger partial charge is 0.472 e. The highest BCUT2D eigenvalue weighted by Crippen LogP contribution is 2.43. The van der Waals surface area contributed by atoms with Crippen molar-refractivity contribution in [2.24, 2.45) is 5.73 Å². The van der Waals surface area contributed by atoms with Crippen LogP contribution in [-0.4, -0.2) is 59.9 Å². The van der Waals surface area contributed by atoms with E-state index in [0.29, 0.717) is 19.3 Å². The maximum atomic E-state index is 12.7. The van der Waals surface area contributed by atoms with Gasteiger partial charge in [-0.05, 0) is 57.8 Å². The Bertz CT molecular complexity index is 1210. The fourth-order valence-corrected chi connectivity index (χ4v) is 8.67. The molecule has 1 unspecified atom stereocenters. The molecule has 0 saturated carbocycles. The number of carboxylic acids is 1. The van der Waals surface area contributed by atoms with Crippen LogP contribution in [0.4, 0.5) is 0 Å². The molecule has 3 atom stereocenters. The van der Waals surface area contributed by atoms with Gasteiger partial charge >= 0.3 is 25.7 Å². The van der Waals surface area contributed by atoms with Crippen LogP contribution in [0.3, 0.4) is 0 Å². The Morgan fingerprint density at radius 1 is 0.455 bits per heavy atom. The number of allylic oxidation sites excluding steroid dienone is 4. The fourth-order valence-electron chi connectivity index (χ4n) is 7.89. The summed E-state index contributed by atoms with van der Waals surface area (Å²) in [6.07, 6.45) is 55.4. The molecule has 11 nitrogen and oxygen atoms in total. The minimum atomic E-state index is -4.73. The fraction of sp³-hybridized carbons (Fsp3) is 0.870. The van der Waals surface area contributed by atoms with Crippen LogP contribution in [0.1, 0.15) is 271 Å². The number of phosphoric ester groups is 1. The van der Waals surface area contributed by atoms with Gasteiger partial charge in [-0.2, -0.15) is 0 Å².